The summed E-state index contributed by atoms with van der Waals surface area (Å²) in [6.45, 7) is 6.22. The number of carboxylic acid groups (broad SMARTS) is 1. The fraction of sp³-hybridized carbons (Fsp3) is 0.438. The minimum absolute atomic E-state index is 0.0849. The Balaban J connectivity index is 3.34. The molecule has 0 saturated carbocycles. The molecule has 0 spiro atoms. The summed E-state index contributed by atoms with van der Waals surface area (Å²) in [5, 5.41) is 11.3. The molecule has 0 radical (unpaired) electrons. The Hall–Kier alpha value is -2.48. The van der Waals surface area contributed by atoms with Gasteiger partial charge in [0.15, 0.2) is 0 Å². The van der Waals surface area contributed by atoms with Crippen LogP contribution in [0.1, 0.15) is 39.5 Å². The summed E-state index contributed by atoms with van der Waals surface area (Å²) in [5.41, 5.74) is -0.564. The number of ether oxygens (including phenoxy) is 2. The Kier molecular flexibility index (Phi) is 6.63. The van der Waals surface area contributed by atoms with Gasteiger partial charge in [-0.3, -0.25) is 15.0 Å². The van der Waals surface area contributed by atoms with Gasteiger partial charge in [0.05, 0.1) is 16.3 Å². The van der Waals surface area contributed by atoms with E-state index in [4.69, 9.17) is 26.2 Å². The minimum Gasteiger partial charge on any atom is -0.465 e. The molecule has 1 unspecified atom stereocenters. The van der Waals surface area contributed by atoms with E-state index in [0.717, 1.165) is 11.8 Å². The van der Waals surface area contributed by atoms with Crippen LogP contribution in [0.2, 0.25) is 5.02 Å². The molecular formula is C16H21ClN2O6. The average molecular weight is 373 g/mol. The largest absolute Gasteiger partial charge is 0.465 e. The van der Waals surface area contributed by atoms with Gasteiger partial charge < -0.3 is 14.6 Å². The maximum atomic E-state index is 12.3. The number of carbonyl (C=O) groups is 3. The summed E-state index contributed by atoms with van der Waals surface area (Å²) < 4.78 is 10.5. The van der Waals surface area contributed by atoms with Crippen LogP contribution in [-0.4, -0.2) is 40.8 Å². The fourth-order valence-corrected chi connectivity index (χ4v) is 2.20. The molecule has 1 atom stereocenters. The summed E-state index contributed by atoms with van der Waals surface area (Å²) >= 11 is 6.17. The van der Waals surface area contributed by atoms with Gasteiger partial charge in [-0.15, -0.1) is 0 Å². The molecule has 1 rings (SSSR count). The van der Waals surface area contributed by atoms with Gasteiger partial charge in [-0.25, -0.2) is 9.59 Å². The van der Waals surface area contributed by atoms with E-state index in [1.165, 1.54) is 25.2 Å². The van der Waals surface area contributed by atoms with Crippen LogP contribution >= 0.6 is 11.6 Å². The van der Waals surface area contributed by atoms with Crippen LogP contribution in [0.3, 0.4) is 0 Å². The number of anilines is 1. The van der Waals surface area contributed by atoms with E-state index in [1.807, 2.05) is 0 Å². The predicted octanol–water partition coefficient (Wildman–Crippen LogP) is 3.86. The second-order valence-corrected chi connectivity index (χ2v) is 6.59. The van der Waals surface area contributed by atoms with E-state index in [2.05, 4.69) is 5.32 Å². The highest BCUT2D eigenvalue weighted by Gasteiger charge is 2.32. The molecule has 0 aliphatic heterocycles. The van der Waals surface area contributed by atoms with Gasteiger partial charge in [0.1, 0.15) is 5.60 Å². The van der Waals surface area contributed by atoms with E-state index in [1.54, 1.807) is 20.8 Å². The van der Waals surface area contributed by atoms with E-state index in [9.17, 15) is 14.4 Å². The summed E-state index contributed by atoms with van der Waals surface area (Å²) in [4.78, 5) is 35.9. The first-order valence-corrected chi connectivity index (χ1v) is 7.71. The number of nitrogens with zero attached hydrogens (tertiary/aromatic N) is 1. The maximum absolute atomic E-state index is 12.3. The van der Waals surface area contributed by atoms with Crippen molar-refractivity contribution in [1.29, 1.82) is 0 Å². The number of amides is 2. The maximum Gasteiger partial charge on any atom is 0.413 e. The molecule has 1 aromatic carbocycles. The Labute approximate surface area is 150 Å². The predicted molar refractivity (Wildman–Crippen MR) is 91.6 cm³/mol. The van der Waals surface area contributed by atoms with Gasteiger partial charge in [-0.05, 0) is 32.9 Å². The lowest BCUT2D eigenvalue weighted by atomic mass is 10.1. The van der Waals surface area contributed by atoms with Crippen LogP contribution in [0.15, 0.2) is 18.2 Å². The molecule has 1 aromatic rings. The van der Waals surface area contributed by atoms with Gasteiger partial charge in [0.25, 0.3) is 0 Å². The standard InChI is InChI=1S/C16H21ClN2O6/c1-9(20)24-13(19(5)15(23)25-16(2,3)4)12-10(17)7-6-8-11(12)18-14(21)22/h6-8,13,18H,1-5H3,(H,21,22). The van der Waals surface area contributed by atoms with Crippen molar-refractivity contribution >= 4 is 35.4 Å². The lowest BCUT2D eigenvalue weighted by Gasteiger charge is -2.31. The molecule has 2 amide bonds. The second-order valence-electron chi connectivity index (χ2n) is 6.18. The average Bonchev–Trinajstić information content (AvgIpc) is 2.42. The molecule has 8 nitrogen and oxygen atoms in total. The van der Waals surface area contributed by atoms with Crippen molar-refractivity contribution in [2.75, 3.05) is 12.4 Å². The number of carbonyl (C=O) groups excluding carboxylic acids is 2. The van der Waals surface area contributed by atoms with Gasteiger partial charge in [0.2, 0.25) is 6.23 Å². The molecule has 138 valence electrons. The molecule has 0 aliphatic carbocycles. The molecule has 0 aliphatic rings. The zero-order valence-electron chi connectivity index (χ0n) is 14.6. The van der Waals surface area contributed by atoms with Gasteiger partial charge in [0, 0.05) is 14.0 Å². The second kappa shape index (κ2) is 8.06. The first kappa shape index (κ1) is 20.6. The van der Waals surface area contributed by atoms with Crippen LogP contribution < -0.4 is 5.32 Å². The van der Waals surface area contributed by atoms with Gasteiger partial charge >= 0.3 is 18.2 Å². The normalized spacial score (nSPS) is 12.1. The van der Waals surface area contributed by atoms with Gasteiger partial charge in [-0.1, -0.05) is 17.7 Å². The summed E-state index contributed by atoms with van der Waals surface area (Å²) in [6, 6.07) is 4.45. The highest BCUT2D eigenvalue weighted by atomic mass is 35.5. The Morgan fingerprint density at radius 1 is 1.28 bits per heavy atom. The zero-order chi connectivity index (χ0) is 19.4. The van der Waals surface area contributed by atoms with Crippen LogP contribution in [0.4, 0.5) is 15.3 Å². The van der Waals surface area contributed by atoms with E-state index < -0.39 is 30.0 Å². The van der Waals surface area contributed by atoms with E-state index >= 15 is 0 Å². The number of halogens is 1. The molecule has 0 aromatic heterocycles. The number of benzene rings is 1. The monoisotopic (exact) mass is 372 g/mol. The topological polar surface area (TPSA) is 105 Å². The highest BCUT2D eigenvalue weighted by molar-refractivity contribution is 6.32. The van der Waals surface area contributed by atoms with Crippen molar-refractivity contribution in [2.45, 2.75) is 39.5 Å². The van der Waals surface area contributed by atoms with Crippen LogP contribution in [0, 0.1) is 0 Å². The van der Waals surface area contributed by atoms with Crippen molar-refractivity contribution in [1.82, 2.24) is 4.90 Å². The van der Waals surface area contributed by atoms with E-state index in [0.29, 0.717) is 0 Å². The van der Waals surface area contributed by atoms with Crippen molar-refractivity contribution in [3.8, 4) is 0 Å². The number of rotatable bonds is 4. The lowest BCUT2D eigenvalue weighted by Crippen LogP contribution is -2.38. The fourth-order valence-electron chi connectivity index (χ4n) is 1.93. The number of nitrogens with one attached hydrogen (secondary N) is 1. The SMILES string of the molecule is CC(=O)OC(c1c(Cl)cccc1NC(=O)O)N(C)C(=O)OC(C)(C)C. The molecule has 2 N–H and O–H groups in total. The Bertz CT molecular complexity index is 671. The molecule has 0 bridgehead atoms. The molecule has 0 saturated heterocycles. The molecule has 0 heterocycles. The Morgan fingerprint density at radius 2 is 1.88 bits per heavy atom. The number of esters is 1. The summed E-state index contributed by atoms with van der Waals surface area (Å²) in [7, 11) is 1.36. The summed E-state index contributed by atoms with van der Waals surface area (Å²) in [6.07, 6.45) is -3.37. The van der Waals surface area contributed by atoms with Crippen molar-refractivity contribution in [3.05, 3.63) is 28.8 Å². The summed E-state index contributed by atoms with van der Waals surface area (Å²) in [5.74, 6) is -0.679. The van der Waals surface area contributed by atoms with Gasteiger partial charge in [-0.2, -0.15) is 0 Å². The molecule has 9 heteroatoms. The lowest BCUT2D eigenvalue weighted by molar-refractivity contribution is -0.155. The first-order valence-electron chi connectivity index (χ1n) is 7.33. The van der Waals surface area contributed by atoms with Crippen LogP contribution in [0.25, 0.3) is 0 Å². The van der Waals surface area contributed by atoms with Crippen molar-refractivity contribution in [3.63, 3.8) is 0 Å². The zero-order valence-corrected chi connectivity index (χ0v) is 15.4. The highest BCUT2D eigenvalue weighted by Crippen LogP contribution is 2.35. The Morgan fingerprint density at radius 3 is 2.36 bits per heavy atom. The first-order chi connectivity index (χ1) is 11.4. The number of hydrogen-bond acceptors (Lipinski definition) is 5. The van der Waals surface area contributed by atoms with E-state index in [-0.39, 0.29) is 16.3 Å². The van der Waals surface area contributed by atoms with Crippen molar-refractivity contribution < 1.29 is 29.0 Å². The number of hydrogen-bond donors (Lipinski definition) is 2. The third-order valence-corrected chi connectivity index (χ3v) is 3.18. The molecule has 25 heavy (non-hydrogen) atoms. The smallest absolute Gasteiger partial charge is 0.413 e. The van der Waals surface area contributed by atoms with Crippen molar-refractivity contribution in [2.24, 2.45) is 0 Å². The molecular weight excluding hydrogens is 352 g/mol. The third-order valence-electron chi connectivity index (χ3n) is 2.85. The van der Waals surface area contributed by atoms with Crippen LogP contribution in [0.5, 0.6) is 0 Å². The minimum atomic E-state index is -1.33. The van der Waals surface area contributed by atoms with Crippen LogP contribution in [-0.2, 0) is 14.3 Å². The third kappa shape index (κ3) is 6.15. The quantitative estimate of drug-likeness (QED) is 0.614. The molecule has 0 fully saturated rings.